The summed E-state index contributed by atoms with van der Waals surface area (Å²) < 4.78 is 155. The van der Waals surface area contributed by atoms with Gasteiger partial charge >= 0.3 is 40.5 Å². The Hall–Kier alpha value is -1.68. The Labute approximate surface area is 170 Å². The Bertz CT molecular complexity index is 908. The van der Waals surface area contributed by atoms with Gasteiger partial charge < -0.3 is 13.5 Å². The summed E-state index contributed by atoms with van der Waals surface area (Å²) in [4.78, 5) is 0. The minimum absolute atomic E-state index is 0.0325. The summed E-state index contributed by atoms with van der Waals surface area (Å²) in [5.74, 6) is -15.9. The van der Waals surface area contributed by atoms with Gasteiger partial charge in [0.15, 0.2) is 0 Å². The van der Waals surface area contributed by atoms with Gasteiger partial charge in [-0.3, -0.25) is 0 Å². The first-order valence-electron chi connectivity index (χ1n) is 8.23. The molecule has 0 unspecified atom stereocenters. The average Bonchev–Trinajstić information content (AvgIpc) is 2.60. The van der Waals surface area contributed by atoms with E-state index in [4.69, 9.17) is 9.31 Å². The van der Waals surface area contributed by atoms with Gasteiger partial charge in [-0.2, -0.15) is 47.9 Å². The predicted octanol–water partition coefficient (Wildman–Crippen LogP) is 3.59. The highest BCUT2D eigenvalue weighted by Gasteiger charge is 2.86. The Kier molecular flexibility index (Phi) is 6.38. The monoisotopic (exact) mass is 488 g/mol. The van der Waals surface area contributed by atoms with E-state index in [0.29, 0.717) is 6.07 Å². The first kappa shape index (κ1) is 25.6. The van der Waals surface area contributed by atoms with Crippen LogP contribution < -0.4 is 9.65 Å². The SMILES string of the molecule is CC1(C)COB(c2ccccc2OS(=O)(=O)C(F)(F)C(F)(F)C(F)(F)C(F)(F)F)OC1. The Morgan fingerprint density at radius 1 is 0.903 bits per heavy atom. The number of rotatable bonds is 6. The smallest absolute Gasteiger partial charge is 0.407 e. The zero-order valence-electron chi connectivity index (χ0n) is 15.7. The maximum Gasteiger partial charge on any atom is 0.497 e. The molecular formula is C15H14BF9O5S. The summed E-state index contributed by atoms with van der Waals surface area (Å²) in [6.45, 7) is 3.51. The van der Waals surface area contributed by atoms with Crippen molar-refractivity contribution in [3.05, 3.63) is 24.3 Å². The first-order chi connectivity index (χ1) is 13.8. The van der Waals surface area contributed by atoms with Crippen molar-refractivity contribution in [2.45, 2.75) is 37.1 Å². The lowest BCUT2D eigenvalue weighted by molar-refractivity contribution is -0.382. The molecular weight excluding hydrogens is 474 g/mol. The quantitative estimate of drug-likeness (QED) is 0.348. The molecule has 0 radical (unpaired) electrons. The third kappa shape index (κ3) is 4.46. The Balaban J connectivity index is 2.41. The fourth-order valence-electron chi connectivity index (χ4n) is 2.31. The fraction of sp³-hybridized carbons (Fsp3) is 0.600. The van der Waals surface area contributed by atoms with Crippen LogP contribution in [0.5, 0.6) is 5.75 Å². The topological polar surface area (TPSA) is 61.8 Å². The highest BCUT2D eigenvalue weighted by molar-refractivity contribution is 7.88. The maximum atomic E-state index is 13.9. The number of hydrogen-bond donors (Lipinski definition) is 0. The maximum absolute atomic E-state index is 13.9. The van der Waals surface area contributed by atoms with E-state index < -0.39 is 57.1 Å². The lowest BCUT2D eigenvalue weighted by atomic mass is 9.75. The highest BCUT2D eigenvalue weighted by Crippen LogP contribution is 2.54. The van der Waals surface area contributed by atoms with Crippen molar-refractivity contribution in [2.24, 2.45) is 5.41 Å². The van der Waals surface area contributed by atoms with Gasteiger partial charge in [0, 0.05) is 24.1 Å². The molecule has 1 heterocycles. The van der Waals surface area contributed by atoms with Crippen LogP contribution in [0.2, 0.25) is 0 Å². The molecule has 1 fully saturated rings. The van der Waals surface area contributed by atoms with Crippen molar-refractivity contribution in [2.75, 3.05) is 13.2 Å². The van der Waals surface area contributed by atoms with E-state index in [9.17, 15) is 47.9 Å². The van der Waals surface area contributed by atoms with Gasteiger partial charge in [-0.05, 0) is 6.07 Å². The first-order valence-corrected chi connectivity index (χ1v) is 9.64. The molecule has 31 heavy (non-hydrogen) atoms. The van der Waals surface area contributed by atoms with Gasteiger partial charge in [0.1, 0.15) is 5.75 Å². The summed E-state index contributed by atoms with van der Waals surface area (Å²) in [5, 5.41) is -6.97. The number of alkyl halides is 9. The molecule has 2 rings (SSSR count). The highest BCUT2D eigenvalue weighted by atomic mass is 32.2. The van der Waals surface area contributed by atoms with Crippen LogP contribution in [0.3, 0.4) is 0 Å². The second-order valence-electron chi connectivity index (χ2n) is 7.36. The molecule has 0 saturated carbocycles. The molecule has 5 nitrogen and oxygen atoms in total. The summed E-state index contributed by atoms with van der Waals surface area (Å²) >= 11 is 0. The van der Waals surface area contributed by atoms with Gasteiger partial charge in [0.2, 0.25) is 0 Å². The zero-order chi connectivity index (χ0) is 24.1. The molecule has 1 saturated heterocycles. The fourth-order valence-corrected chi connectivity index (χ4v) is 3.25. The van der Waals surface area contributed by atoms with Crippen LogP contribution in [0.4, 0.5) is 39.5 Å². The summed E-state index contributed by atoms with van der Waals surface area (Å²) in [6, 6.07) is 3.94. The normalized spacial score (nSPS) is 18.7. The van der Waals surface area contributed by atoms with Crippen LogP contribution in [0.15, 0.2) is 24.3 Å². The summed E-state index contributed by atoms with van der Waals surface area (Å²) in [6.07, 6.45) is -7.18. The van der Waals surface area contributed by atoms with E-state index in [1.165, 1.54) is 6.07 Å². The molecule has 0 atom stereocenters. The Morgan fingerprint density at radius 3 is 1.87 bits per heavy atom. The van der Waals surface area contributed by atoms with Crippen molar-refractivity contribution in [1.29, 1.82) is 0 Å². The van der Waals surface area contributed by atoms with E-state index >= 15 is 0 Å². The lowest BCUT2D eigenvalue weighted by Gasteiger charge is -2.34. The molecule has 0 N–H and O–H groups in total. The second kappa shape index (κ2) is 7.72. The van der Waals surface area contributed by atoms with E-state index in [1.54, 1.807) is 13.8 Å². The lowest BCUT2D eigenvalue weighted by Crippen LogP contribution is -2.64. The average molecular weight is 488 g/mol. The zero-order valence-corrected chi connectivity index (χ0v) is 16.5. The van der Waals surface area contributed by atoms with Crippen LogP contribution >= 0.6 is 0 Å². The largest absolute Gasteiger partial charge is 0.497 e. The van der Waals surface area contributed by atoms with Crippen molar-refractivity contribution < 1.29 is 61.4 Å². The molecule has 1 aromatic rings. The van der Waals surface area contributed by atoms with Crippen LogP contribution in [0.1, 0.15) is 13.8 Å². The van der Waals surface area contributed by atoms with Crippen LogP contribution in [0.25, 0.3) is 0 Å². The number of para-hydroxylation sites is 1. The van der Waals surface area contributed by atoms with E-state index in [1.807, 2.05) is 0 Å². The van der Waals surface area contributed by atoms with Crippen molar-refractivity contribution in [3.8, 4) is 5.75 Å². The number of halogens is 9. The van der Waals surface area contributed by atoms with Gasteiger partial charge in [0.25, 0.3) is 0 Å². The van der Waals surface area contributed by atoms with Crippen LogP contribution in [-0.4, -0.2) is 52.0 Å². The van der Waals surface area contributed by atoms with E-state index in [-0.39, 0.29) is 13.2 Å². The molecule has 1 aliphatic heterocycles. The molecule has 0 bridgehead atoms. The number of benzene rings is 1. The third-order valence-electron chi connectivity index (χ3n) is 4.05. The molecule has 1 aliphatic rings. The molecule has 0 aliphatic carbocycles. The predicted molar refractivity (Wildman–Crippen MR) is 88.0 cm³/mol. The van der Waals surface area contributed by atoms with Crippen molar-refractivity contribution >= 4 is 22.7 Å². The minimum Gasteiger partial charge on any atom is -0.407 e. The van der Waals surface area contributed by atoms with Crippen LogP contribution in [0, 0.1) is 5.41 Å². The second-order valence-corrected chi connectivity index (χ2v) is 8.94. The van der Waals surface area contributed by atoms with Gasteiger partial charge in [-0.1, -0.05) is 32.0 Å². The molecule has 176 valence electrons. The summed E-state index contributed by atoms with van der Waals surface area (Å²) in [7, 11) is -8.48. The minimum atomic E-state index is -7.39. The number of hydrogen-bond acceptors (Lipinski definition) is 5. The van der Waals surface area contributed by atoms with Crippen molar-refractivity contribution in [3.63, 3.8) is 0 Å². The van der Waals surface area contributed by atoms with Gasteiger partial charge in [-0.15, -0.1) is 0 Å². The van der Waals surface area contributed by atoms with E-state index in [0.717, 1.165) is 12.1 Å². The van der Waals surface area contributed by atoms with Gasteiger partial charge in [-0.25, -0.2) is 0 Å². The van der Waals surface area contributed by atoms with E-state index in [2.05, 4.69) is 4.18 Å². The van der Waals surface area contributed by atoms with Crippen LogP contribution in [-0.2, 0) is 19.4 Å². The summed E-state index contributed by atoms with van der Waals surface area (Å²) in [5.41, 5.74) is -0.889. The third-order valence-corrected chi connectivity index (χ3v) is 5.34. The van der Waals surface area contributed by atoms with Crippen molar-refractivity contribution in [1.82, 2.24) is 0 Å². The molecule has 16 heteroatoms. The Morgan fingerprint density at radius 2 is 1.39 bits per heavy atom. The molecule has 0 amide bonds. The molecule has 0 spiro atoms. The van der Waals surface area contributed by atoms with Gasteiger partial charge in [0.05, 0.1) is 0 Å². The molecule has 0 aromatic heterocycles. The standard InChI is InChI=1S/C15H14BF9O5S/c1-11(2)7-28-16(29-8-11)9-5-3-4-6-10(9)30-31(26,27)15(24,25)13(19,20)12(17,18)14(21,22)23/h3-6H,7-8H2,1-2H3. The molecule has 1 aromatic carbocycles.